The summed E-state index contributed by atoms with van der Waals surface area (Å²) in [5.74, 6) is 2.64. The van der Waals surface area contributed by atoms with Crippen molar-refractivity contribution < 1.29 is 4.42 Å². The number of aromatic amines is 1. The summed E-state index contributed by atoms with van der Waals surface area (Å²) in [6.45, 7) is 2.66. The van der Waals surface area contributed by atoms with Crippen LogP contribution in [0.15, 0.2) is 28.9 Å². The van der Waals surface area contributed by atoms with Gasteiger partial charge in [0, 0.05) is 12.5 Å². The molecular weight excluding hydrogens is 222 g/mol. The first-order chi connectivity index (χ1) is 7.78. The minimum Gasteiger partial charge on any atom is -0.467 e. The zero-order valence-electron chi connectivity index (χ0n) is 8.99. The first kappa shape index (κ1) is 10.9. The van der Waals surface area contributed by atoms with Crippen molar-refractivity contribution in [2.24, 2.45) is 0 Å². The number of aromatic nitrogens is 2. The smallest absolute Gasteiger partial charge is 0.131 e. The van der Waals surface area contributed by atoms with E-state index >= 15 is 0 Å². The Morgan fingerprint density at radius 1 is 1.56 bits per heavy atom. The predicted octanol–water partition coefficient (Wildman–Crippen LogP) is 2.91. The lowest BCUT2D eigenvalue weighted by Gasteiger charge is -2.06. The van der Waals surface area contributed by atoms with Crippen LogP contribution in [0, 0.1) is 4.64 Å². The van der Waals surface area contributed by atoms with Crippen molar-refractivity contribution in [3.8, 4) is 0 Å². The molecule has 0 atom stereocenters. The molecule has 0 unspecified atom stereocenters. The zero-order valence-corrected chi connectivity index (χ0v) is 9.80. The molecule has 84 valence electrons. The molecule has 0 saturated heterocycles. The van der Waals surface area contributed by atoms with E-state index in [4.69, 9.17) is 16.6 Å². The summed E-state index contributed by atoms with van der Waals surface area (Å²) in [4.78, 5) is 7.36. The number of rotatable bonds is 4. The largest absolute Gasteiger partial charge is 0.467 e. The molecule has 0 aliphatic rings. The molecule has 0 aromatic carbocycles. The van der Waals surface area contributed by atoms with Crippen molar-refractivity contribution >= 4 is 18.0 Å². The lowest BCUT2D eigenvalue weighted by Crippen LogP contribution is -2.03. The third kappa shape index (κ3) is 2.70. The summed E-state index contributed by atoms with van der Waals surface area (Å²) in [7, 11) is 0. The van der Waals surface area contributed by atoms with Gasteiger partial charge in [-0.1, -0.05) is 19.1 Å². The van der Waals surface area contributed by atoms with Crippen molar-refractivity contribution in [1.82, 2.24) is 9.97 Å². The Kier molecular flexibility index (Phi) is 3.36. The maximum absolute atomic E-state index is 5.22. The minimum absolute atomic E-state index is 0.595. The maximum Gasteiger partial charge on any atom is 0.131 e. The van der Waals surface area contributed by atoms with Gasteiger partial charge in [-0.2, -0.15) is 0 Å². The number of furan rings is 1. The van der Waals surface area contributed by atoms with Crippen molar-refractivity contribution in [2.75, 3.05) is 5.32 Å². The first-order valence-electron chi connectivity index (χ1n) is 5.14. The Hall–Kier alpha value is -1.62. The van der Waals surface area contributed by atoms with Crippen molar-refractivity contribution in [3.05, 3.63) is 40.7 Å². The number of hydrogen-bond acceptors (Lipinski definition) is 4. The van der Waals surface area contributed by atoms with Gasteiger partial charge in [-0.3, -0.25) is 0 Å². The summed E-state index contributed by atoms with van der Waals surface area (Å²) in [6, 6.07) is 5.59. The number of nitrogens with zero attached hydrogens (tertiary/aromatic N) is 1. The van der Waals surface area contributed by atoms with E-state index in [0.29, 0.717) is 11.2 Å². The average molecular weight is 235 g/mol. The molecule has 0 aliphatic heterocycles. The lowest BCUT2D eigenvalue weighted by atomic mass is 10.4. The number of H-pyrrole nitrogens is 1. The van der Waals surface area contributed by atoms with E-state index in [1.807, 2.05) is 19.1 Å². The highest BCUT2D eigenvalue weighted by Crippen LogP contribution is 2.07. The van der Waals surface area contributed by atoms with Crippen LogP contribution in [0.25, 0.3) is 0 Å². The number of anilines is 1. The summed E-state index contributed by atoms with van der Waals surface area (Å²) in [6.07, 6.45) is 2.49. The van der Waals surface area contributed by atoms with Gasteiger partial charge in [0.2, 0.25) is 0 Å². The first-order valence-corrected chi connectivity index (χ1v) is 5.55. The second kappa shape index (κ2) is 4.94. The molecule has 2 rings (SSSR count). The van der Waals surface area contributed by atoms with Gasteiger partial charge < -0.3 is 14.7 Å². The Balaban J connectivity index is 2.09. The number of hydrogen-bond donors (Lipinski definition) is 2. The van der Waals surface area contributed by atoms with Crippen LogP contribution in [-0.4, -0.2) is 9.97 Å². The predicted molar refractivity (Wildman–Crippen MR) is 64.8 cm³/mol. The number of nitrogens with one attached hydrogen (secondary N) is 2. The van der Waals surface area contributed by atoms with Crippen LogP contribution in [0.2, 0.25) is 0 Å². The normalized spacial score (nSPS) is 10.3. The summed E-state index contributed by atoms with van der Waals surface area (Å²) < 4.78 is 5.82. The molecule has 0 amide bonds. The molecule has 0 aliphatic carbocycles. The molecule has 2 aromatic rings. The molecule has 0 fully saturated rings. The van der Waals surface area contributed by atoms with E-state index < -0.39 is 0 Å². The third-order valence-electron chi connectivity index (χ3n) is 2.16. The second-order valence-electron chi connectivity index (χ2n) is 3.37. The van der Waals surface area contributed by atoms with Crippen LogP contribution in [0.1, 0.15) is 18.5 Å². The van der Waals surface area contributed by atoms with Crippen molar-refractivity contribution in [1.29, 1.82) is 0 Å². The van der Waals surface area contributed by atoms with Gasteiger partial charge in [-0.25, -0.2) is 4.98 Å². The highest BCUT2D eigenvalue weighted by molar-refractivity contribution is 7.71. The van der Waals surface area contributed by atoms with Crippen LogP contribution in [-0.2, 0) is 13.0 Å². The molecule has 2 aromatic heterocycles. The van der Waals surface area contributed by atoms with Gasteiger partial charge in [0.05, 0.1) is 12.8 Å². The Morgan fingerprint density at radius 3 is 3.12 bits per heavy atom. The van der Waals surface area contributed by atoms with Gasteiger partial charge in [0.15, 0.2) is 0 Å². The summed E-state index contributed by atoms with van der Waals surface area (Å²) >= 11 is 5.07. The fourth-order valence-electron chi connectivity index (χ4n) is 1.37. The van der Waals surface area contributed by atoms with Crippen molar-refractivity contribution in [3.63, 3.8) is 0 Å². The molecule has 16 heavy (non-hydrogen) atoms. The van der Waals surface area contributed by atoms with E-state index in [1.165, 1.54) is 0 Å². The quantitative estimate of drug-likeness (QED) is 0.800. The monoisotopic (exact) mass is 235 g/mol. The standard InChI is InChI=1S/C11H13N3OS/c1-2-9-13-10(6-11(16)14-9)12-7-8-4-3-5-15-8/h3-6H,2,7H2,1H3,(H2,12,13,14,16). The highest BCUT2D eigenvalue weighted by atomic mass is 32.1. The van der Waals surface area contributed by atoms with Crippen LogP contribution in [0.5, 0.6) is 0 Å². The topological polar surface area (TPSA) is 53.9 Å². The van der Waals surface area contributed by atoms with E-state index in [0.717, 1.165) is 23.8 Å². The fraction of sp³-hybridized carbons (Fsp3) is 0.273. The van der Waals surface area contributed by atoms with E-state index in [-0.39, 0.29) is 0 Å². The molecule has 0 radical (unpaired) electrons. The Bertz CT molecular complexity index is 504. The van der Waals surface area contributed by atoms with Crippen LogP contribution >= 0.6 is 12.2 Å². The van der Waals surface area contributed by atoms with Crippen molar-refractivity contribution in [2.45, 2.75) is 19.9 Å². The molecule has 4 nitrogen and oxygen atoms in total. The SMILES string of the molecule is CCc1nc(=S)cc(NCc2ccco2)[nH]1. The Labute approximate surface area is 98.7 Å². The van der Waals surface area contributed by atoms with E-state index in [1.54, 1.807) is 12.3 Å². The molecule has 0 saturated carbocycles. The molecule has 5 heteroatoms. The van der Waals surface area contributed by atoms with Gasteiger partial charge in [0.25, 0.3) is 0 Å². The van der Waals surface area contributed by atoms with E-state index in [2.05, 4.69) is 15.3 Å². The van der Waals surface area contributed by atoms with Gasteiger partial charge in [0.1, 0.15) is 22.0 Å². The Morgan fingerprint density at radius 2 is 2.44 bits per heavy atom. The molecule has 2 N–H and O–H groups in total. The van der Waals surface area contributed by atoms with Crippen LogP contribution < -0.4 is 5.32 Å². The van der Waals surface area contributed by atoms with E-state index in [9.17, 15) is 0 Å². The molecule has 0 spiro atoms. The van der Waals surface area contributed by atoms with Gasteiger partial charge in [-0.15, -0.1) is 0 Å². The molecular formula is C11H13N3OS. The highest BCUT2D eigenvalue weighted by Gasteiger charge is 1.98. The van der Waals surface area contributed by atoms with Crippen LogP contribution in [0.4, 0.5) is 5.82 Å². The lowest BCUT2D eigenvalue weighted by molar-refractivity contribution is 0.517. The van der Waals surface area contributed by atoms with Gasteiger partial charge >= 0.3 is 0 Å². The average Bonchev–Trinajstić information content (AvgIpc) is 2.78. The molecule has 2 heterocycles. The second-order valence-corrected chi connectivity index (χ2v) is 3.78. The summed E-state index contributed by atoms with van der Waals surface area (Å²) in [5.41, 5.74) is 0. The zero-order chi connectivity index (χ0) is 11.4. The summed E-state index contributed by atoms with van der Waals surface area (Å²) in [5, 5.41) is 3.21. The van der Waals surface area contributed by atoms with Gasteiger partial charge in [-0.05, 0) is 12.1 Å². The maximum atomic E-state index is 5.22. The van der Waals surface area contributed by atoms with Crippen LogP contribution in [0.3, 0.4) is 0 Å². The fourth-order valence-corrected chi connectivity index (χ4v) is 1.59. The molecule has 0 bridgehead atoms. The number of aryl methyl sites for hydroxylation is 1. The minimum atomic E-state index is 0.595. The third-order valence-corrected chi connectivity index (χ3v) is 2.37.